The van der Waals surface area contributed by atoms with Crippen LogP contribution in [0.4, 0.5) is 18.9 Å². The van der Waals surface area contributed by atoms with E-state index in [1.54, 1.807) is 0 Å². The number of para-hydroxylation sites is 1. The smallest absolute Gasteiger partial charge is 0.274 e. The van der Waals surface area contributed by atoms with Crippen molar-refractivity contribution in [1.29, 1.82) is 0 Å². The van der Waals surface area contributed by atoms with Gasteiger partial charge < -0.3 is 0 Å². The van der Waals surface area contributed by atoms with Crippen molar-refractivity contribution >= 4 is 29.3 Å². The van der Waals surface area contributed by atoms with Gasteiger partial charge in [-0.1, -0.05) is 29.8 Å². The SMILES string of the molecule is Cc1ccc(SC2CC(=O)N(c3ccccc3C(F)(F)F)C2=O)cc1. The first-order chi connectivity index (χ1) is 11.8. The van der Waals surface area contributed by atoms with Crippen molar-refractivity contribution < 1.29 is 22.8 Å². The highest BCUT2D eigenvalue weighted by Gasteiger charge is 2.44. The molecule has 1 aliphatic rings. The van der Waals surface area contributed by atoms with Crippen molar-refractivity contribution in [1.82, 2.24) is 0 Å². The number of halogens is 3. The molecule has 0 radical (unpaired) electrons. The van der Waals surface area contributed by atoms with E-state index in [4.69, 9.17) is 0 Å². The molecule has 0 spiro atoms. The normalized spacial score (nSPS) is 18.1. The van der Waals surface area contributed by atoms with E-state index in [9.17, 15) is 22.8 Å². The van der Waals surface area contributed by atoms with Crippen LogP contribution in [0.5, 0.6) is 0 Å². The Hall–Kier alpha value is -2.28. The van der Waals surface area contributed by atoms with Gasteiger partial charge in [-0.2, -0.15) is 13.2 Å². The van der Waals surface area contributed by atoms with E-state index in [0.717, 1.165) is 22.6 Å². The average molecular weight is 365 g/mol. The van der Waals surface area contributed by atoms with Crippen LogP contribution in [0.1, 0.15) is 17.5 Å². The molecule has 1 unspecified atom stereocenters. The molecule has 25 heavy (non-hydrogen) atoms. The van der Waals surface area contributed by atoms with Gasteiger partial charge in [0.05, 0.1) is 16.5 Å². The fourth-order valence-electron chi connectivity index (χ4n) is 2.64. The number of rotatable bonds is 3. The summed E-state index contributed by atoms with van der Waals surface area (Å²) in [5.41, 5.74) is -0.339. The van der Waals surface area contributed by atoms with Crippen LogP contribution in [-0.2, 0) is 15.8 Å². The number of hydrogen-bond acceptors (Lipinski definition) is 3. The van der Waals surface area contributed by atoms with Gasteiger partial charge in [-0.15, -0.1) is 11.8 Å². The molecule has 0 aliphatic carbocycles. The van der Waals surface area contributed by atoms with Gasteiger partial charge in [0, 0.05) is 11.3 Å². The molecule has 0 N–H and O–H groups in total. The first kappa shape index (κ1) is 17.5. The number of hydrogen-bond donors (Lipinski definition) is 0. The Morgan fingerprint density at radius 3 is 2.32 bits per heavy atom. The summed E-state index contributed by atoms with van der Waals surface area (Å²) < 4.78 is 39.5. The molecule has 0 aromatic heterocycles. The number of benzene rings is 2. The zero-order valence-corrected chi connectivity index (χ0v) is 14.0. The summed E-state index contributed by atoms with van der Waals surface area (Å²) in [6.07, 6.45) is -4.76. The molecule has 1 heterocycles. The molecule has 1 atom stereocenters. The van der Waals surface area contributed by atoms with E-state index in [2.05, 4.69) is 0 Å². The maximum Gasteiger partial charge on any atom is 0.418 e. The molecule has 1 saturated heterocycles. The number of carbonyl (C=O) groups is 2. The second-order valence-corrected chi connectivity index (χ2v) is 6.98. The van der Waals surface area contributed by atoms with E-state index in [1.807, 2.05) is 31.2 Å². The third-order valence-electron chi connectivity index (χ3n) is 3.85. The van der Waals surface area contributed by atoms with Gasteiger partial charge in [0.1, 0.15) is 0 Å². The number of nitrogens with zero attached hydrogens (tertiary/aromatic N) is 1. The minimum absolute atomic E-state index is 0.121. The third kappa shape index (κ3) is 3.56. The molecule has 3 rings (SSSR count). The fourth-order valence-corrected chi connectivity index (χ4v) is 3.69. The number of anilines is 1. The van der Waals surface area contributed by atoms with E-state index in [-0.39, 0.29) is 6.42 Å². The van der Waals surface area contributed by atoms with Crippen LogP contribution in [0, 0.1) is 6.92 Å². The monoisotopic (exact) mass is 365 g/mol. The van der Waals surface area contributed by atoms with Gasteiger partial charge in [-0.25, -0.2) is 4.90 Å². The number of carbonyl (C=O) groups excluding carboxylic acids is 2. The number of imide groups is 1. The predicted octanol–water partition coefficient (Wildman–Crippen LogP) is 4.44. The van der Waals surface area contributed by atoms with E-state index >= 15 is 0 Å². The lowest BCUT2D eigenvalue weighted by Gasteiger charge is -2.20. The Kier molecular flexibility index (Phi) is 4.60. The van der Waals surface area contributed by atoms with Crippen LogP contribution in [0.3, 0.4) is 0 Å². The van der Waals surface area contributed by atoms with Crippen LogP contribution >= 0.6 is 11.8 Å². The molecule has 1 aliphatic heterocycles. The van der Waals surface area contributed by atoms with Crippen LogP contribution in [0.2, 0.25) is 0 Å². The summed E-state index contributed by atoms with van der Waals surface area (Å²) in [6.45, 7) is 1.93. The number of aryl methyl sites for hydroxylation is 1. The summed E-state index contributed by atoms with van der Waals surface area (Å²) in [7, 11) is 0. The predicted molar refractivity (Wildman–Crippen MR) is 89.4 cm³/mol. The highest BCUT2D eigenvalue weighted by Crippen LogP contribution is 2.40. The minimum atomic E-state index is -4.64. The number of thioether (sulfide) groups is 1. The van der Waals surface area contributed by atoms with E-state index < -0.39 is 34.5 Å². The molecule has 7 heteroatoms. The maximum absolute atomic E-state index is 13.2. The second kappa shape index (κ2) is 6.55. The van der Waals surface area contributed by atoms with E-state index in [1.165, 1.54) is 23.9 Å². The van der Waals surface area contributed by atoms with Gasteiger partial charge >= 0.3 is 6.18 Å². The van der Waals surface area contributed by atoms with Gasteiger partial charge in [0.25, 0.3) is 0 Å². The Morgan fingerprint density at radius 2 is 1.68 bits per heavy atom. The van der Waals surface area contributed by atoms with Crippen LogP contribution < -0.4 is 4.90 Å². The molecule has 1 fully saturated rings. The van der Waals surface area contributed by atoms with Gasteiger partial charge in [0.2, 0.25) is 11.8 Å². The van der Waals surface area contributed by atoms with Crippen LogP contribution in [-0.4, -0.2) is 17.1 Å². The molecule has 2 aromatic rings. The topological polar surface area (TPSA) is 37.4 Å². The Morgan fingerprint density at radius 1 is 1.04 bits per heavy atom. The van der Waals surface area contributed by atoms with Crippen LogP contribution in [0.25, 0.3) is 0 Å². The Bertz CT molecular complexity index is 818. The summed E-state index contributed by atoms with van der Waals surface area (Å²) in [5, 5.41) is -0.725. The van der Waals surface area contributed by atoms with Crippen molar-refractivity contribution in [2.75, 3.05) is 4.90 Å². The van der Waals surface area contributed by atoms with Gasteiger partial charge in [-0.05, 0) is 31.2 Å². The minimum Gasteiger partial charge on any atom is -0.274 e. The molecule has 3 nitrogen and oxygen atoms in total. The van der Waals surface area contributed by atoms with Crippen molar-refractivity contribution in [2.45, 2.75) is 29.7 Å². The molecule has 2 amide bonds. The zero-order chi connectivity index (χ0) is 18.2. The highest BCUT2D eigenvalue weighted by atomic mass is 32.2. The lowest BCUT2D eigenvalue weighted by Crippen LogP contribution is -2.33. The largest absolute Gasteiger partial charge is 0.418 e. The van der Waals surface area contributed by atoms with E-state index in [0.29, 0.717) is 4.90 Å². The Labute approximate surface area is 146 Å². The maximum atomic E-state index is 13.2. The summed E-state index contributed by atoms with van der Waals surface area (Å²) >= 11 is 1.19. The number of amides is 2. The second-order valence-electron chi connectivity index (χ2n) is 5.71. The highest BCUT2D eigenvalue weighted by molar-refractivity contribution is 8.00. The van der Waals surface area contributed by atoms with Gasteiger partial charge in [-0.3, -0.25) is 9.59 Å². The average Bonchev–Trinajstić information content (AvgIpc) is 2.83. The molecular weight excluding hydrogens is 351 g/mol. The van der Waals surface area contributed by atoms with Crippen molar-refractivity contribution in [3.8, 4) is 0 Å². The van der Waals surface area contributed by atoms with Crippen molar-refractivity contribution in [2.24, 2.45) is 0 Å². The lowest BCUT2D eigenvalue weighted by molar-refractivity contribution is -0.137. The molecule has 0 bridgehead atoms. The molecule has 0 saturated carbocycles. The molecule has 2 aromatic carbocycles. The fraction of sp³-hybridized carbons (Fsp3) is 0.222. The van der Waals surface area contributed by atoms with Gasteiger partial charge in [0.15, 0.2) is 0 Å². The summed E-state index contributed by atoms with van der Waals surface area (Å²) in [6, 6.07) is 12.0. The quantitative estimate of drug-likeness (QED) is 0.755. The lowest BCUT2D eigenvalue weighted by atomic mass is 10.1. The van der Waals surface area contributed by atoms with Crippen molar-refractivity contribution in [3.63, 3.8) is 0 Å². The zero-order valence-electron chi connectivity index (χ0n) is 13.2. The summed E-state index contributed by atoms with van der Waals surface area (Å²) in [4.78, 5) is 26.3. The number of alkyl halides is 3. The Balaban J connectivity index is 1.89. The summed E-state index contributed by atoms with van der Waals surface area (Å²) in [5.74, 6) is -1.24. The van der Waals surface area contributed by atoms with Crippen LogP contribution in [0.15, 0.2) is 53.4 Å². The standard InChI is InChI=1S/C18H14F3NO2S/c1-11-6-8-12(9-7-11)25-15-10-16(23)22(17(15)24)14-5-3-2-4-13(14)18(19,20)21/h2-9,15H,10H2,1H3. The van der Waals surface area contributed by atoms with Crippen molar-refractivity contribution in [3.05, 3.63) is 59.7 Å². The molecular formula is C18H14F3NO2S. The third-order valence-corrected chi connectivity index (χ3v) is 5.05. The first-order valence-corrected chi connectivity index (χ1v) is 8.41. The molecule has 130 valence electrons. The first-order valence-electron chi connectivity index (χ1n) is 7.54.